The van der Waals surface area contributed by atoms with Crippen LogP contribution in [0.1, 0.15) is 19.3 Å². The molecule has 1 saturated heterocycles. The molecule has 3 N–H and O–H groups in total. The van der Waals surface area contributed by atoms with Gasteiger partial charge in [-0.15, -0.1) is 0 Å². The number of phenols is 1. The molecule has 0 aliphatic carbocycles. The van der Waals surface area contributed by atoms with Crippen LogP contribution >= 0.6 is 0 Å². The number of hydrogen-bond acceptors (Lipinski definition) is 6. The lowest BCUT2D eigenvalue weighted by Gasteiger charge is -2.11. The van der Waals surface area contributed by atoms with Crippen LogP contribution in [0.15, 0.2) is 23.1 Å². The minimum absolute atomic E-state index is 0.230. The van der Waals surface area contributed by atoms with Gasteiger partial charge >= 0.3 is 5.69 Å². The summed E-state index contributed by atoms with van der Waals surface area (Å²) in [6, 6.07) is 3.30. The summed E-state index contributed by atoms with van der Waals surface area (Å²) in [5.74, 6) is -0.561. The first-order chi connectivity index (χ1) is 9.90. The lowest BCUT2D eigenvalue weighted by molar-refractivity contribution is -0.386. The van der Waals surface area contributed by atoms with Gasteiger partial charge in [0, 0.05) is 18.7 Å². The minimum Gasteiger partial charge on any atom is -0.502 e. The van der Waals surface area contributed by atoms with Gasteiger partial charge in [-0.3, -0.25) is 10.1 Å². The molecular formula is C12H17N3O5S. The third-order valence-electron chi connectivity index (χ3n) is 3.40. The van der Waals surface area contributed by atoms with Gasteiger partial charge in [0.1, 0.15) is 0 Å². The highest BCUT2D eigenvalue weighted by molar-refractivity contribution is 7.89. The van der Waals surface area contributed by atoms with E-state index in [2.05, 4.69) is 10.0 Å². The van der Waals surface area contributed by atoms with E-state index < -0.39 is 26.4 Å². The third kappa shape index (κ3) is 3.90. The van der Waals surface area contributed by atoms with E-state index in [4.69, 9.17) is 0 Å². The summed E-state index contributed by atoms with van der Waals surface area (Å²) in [7, 11) is -3.82. The Morgan fingerprint density at radius 3 is 2.86 bits per heavy atom. The van der Waals surface area contributed by atoms with Crippen molar-refractivity contribution in [1.82, 2.24) is 10.0 Å². The molecule has 8 nitrogen and oxygen atoms in total. The van der Waals surface area contributed by atoms with Crippen molar-refractivity contribution in [2.45, 2.75) is 30.2 Å². The lowest BCUT2D eigenvalue weighted by atomic mass is 10.2. The predicted octanol–water partition coefficient (Wildman–Crippen LogP) is 0.721. The van der Waals surface area contributed by atoms with Gasteiger partial charge < -0.3 is 10.4 Å². The fourth-order valence-electron chi connectivity index (χ4n) is 2.27. The maximum absolute atomic E-state index is 12.1. The Balaban J connectivity index is 2.04. The molecule has 0 saturated carbocycles. The Hall–Kier alpha value is -1.71. The van der Waals surface area contributed by atoms with Gasteiger partial charge in [-0.2, -0.15) is 0 Å². The molecule has 0 amide bonds. The van der Waals surface area contributed by atoms with Crippen molar-refractivity contribution in [3.8, 4) is 5.75 Å². The highest BCUT2D eigenvalue weighted by Gasteiger charge is 2.21. The number of sulfonamides is 1. The number of phenolic OH excluding ortho intramolecular Hbond substituents is 1. The molecule has 0 unspecified atom stereocenters. The SMILES string of the molecule is O=[N+]([O-])c1cc(S(=O)(=O)NCC[C@H]2CCCN2)ccc1O. The lowest BCUT2D eigenvalue weighted by Crippen LogP contribution is -2.30. The molecule has 0 radical (unpaired) electrons. The molecule has 1 aliphatic rings. The van der Waals surface area contributed by atoms with Crippen LogP contribution in [0.3, 0.4) is 0 Å². The van der Waals surface area contributed by atoms with Crippen LogP contribution in [0.25, 0.3) is 0 Å². The summed E-state index contributed by atoms with van der Waals surface area (Å²) in [5, 5.41) is 23.3. The van der Waals surface area contributed by atoms with Gasteiger partial charge in [0.15, 0.2) is 5.75 Å². The molecule has 1 heterocycles. The van der Waals surface area contributed by atoms with E-state index in [1.165, 1.54) is 0 Å². The standard InChI is InChI=1S/C12H17N3O5S/c16-12-4-3-10(8-11(12)15(17)18)21(19,20)14-7-5-9-2-1-6-13-9/h3-4,8-9,13-14,16H,1-2,5-7H2/t9-/m1/s1. The number of rotatable bonds is 6. The second-order valence-electron chi connectivity index (χ2n) is 4.89. The predicted molar refractivity (Wildman–Crippen MR) is 75.6 cm³/mol. The van der Waals surface area contributed by atoms with Crippen LogP contribution in [0.4, 0.5) is 5.69 Å². The first kappa shape index (κ1) is 15.7. The van der Waals surface area contributed by atoms with E-state index in [1.807, 2.05) is 0 Å². The quantitative estimate of drug-likeness (QED) is 0.525. The highest BCUT2D eigenvalue weighted by Crippen LogP contribution is 2.28. The number of nitro groups is 1. The third-order valence-corrected chi connectivity index (χ3v) is 4.86. The summed E-state index contributed by atoms with van der Waals surface area (Å²) >= 11 is 0. The van der Waals surface area contributed by atoms with Gasteiger partial charge in [-0.25, -0.2) is 13.1 Å². The monoisotopic (exact) mass is 315 g/mol. The zero-order chi connectivity index (χ0) is 15.5. The van der Waals surface area contributed by atoms with E-state index in [9.17, 15) is 23.6 Å². The van der Waals surface area contributed by atoms with Gasteiger partial charge in [0.25, 0.3) is 0 Å². The Labute approximate surface area is 122 Å². The van der Waals surface area contributed by atoms with E-state index in [-0.39, 0.29) is 11.4 Å². The Morgan fingerprint density at radius 2 is 2.24 bits per heavy atom. The largest absolute Gasteiger partial charge is 0.502 e. The molecule has 1 aromatic rings. The van der Waals surface area contributed by atoms with E-state index >= 15 is 0 Å². The molecule has 1 aliphatic heterocycles. The summed E-state index contributed by atoms with van der Waals surface area (Å²) in [5.41, 5.74) is -0.629. The molecule has 0 bridgehead atoms. The van der Waals surface area contributed by atoms with Crippen molar-refractivity contribution < 1.29 is 18.4 Å². The molecule has 2 rings (SSSR count). The smallest absolute Gasteiger partial charge is 0.312 e. The van der Waals surface area contributed by atoms with Crippen molar-refractivity contribution in [3.05, 3.63) is 28.3 Å². The maximum atomic E-state index is 12.1. The molecule has 0 aromatic heterocycles. The molecule has 1 fully saturated rings. The molecule has 9 heteroatoms. The second-order valence-corrected chi connectivity index (χ2v) is 6.65. The average Bonchev–Trinajstić information content (AvgIpc) is 2.91. The minimum atomic E-state index is -3.82. The van der Waals surface area contributed by atoms with E-state index in [1.54, 1.807) is 0 Å². The highest BCUT2D eigenvalue weighted by atomic mass is 32.2. The Bertz CT molecular complexity index is 626. The van der Waals surface area contributed by atoms with Crippen LogP contribution in [0, 0.1) is 10.1 Å². The topological polar surface area (TPSA) is 122 Å². The fraction of sp³-hybridized carbons (Fsp3) is 0.500. The van der Waals surface area contributed by atoms with Crippen LogP contribution in [-0.4, -0.2) is 37.6 Å². The summed E-state index contributed by atoms with van der Waals surface area (Å²) in [6.45, 7) is 1.20. The number of nitrogens with one attached hydrogen (secondary N) is 2. The first-order valence-corrected chi connectivity index (χ1v) is 8.09. The second kappa shape index (κ2) is 6.37. The van der Waals surface area contributed by atoms with Gasteiger partial charge in [0.2, 0.25) is 10.0 Å². The summed E-state index contributed by atoms with van der Waals surface area (Å²) < 4.78 is 26.5. The molecule has 116 valence electrons. The van der Waals surface area contributed by atoms with Crippen molar-refractivity contribution in [2.75, 3.05) is 13.1 Å². The first-order valence-electron chi connectivity index (χ1n) is 6.60. The Kier molecular flexibility index (Phi) is 4.76. The van der Waals surface area contributed by atoms with Crippen molar-refractivity contribution in [2.24, 2.45) is 0 Å². The maximum Gasteiger partial charge on any atom is 0.312 e. The number of nitrogens with zero attached hydrogens (tertiary/aromatic N) is 1. The molecule has 21 heavy (non-hydrogen) atoms. The number of aromatic hydroxyl groups is 1. The zero-order valence-corrected chi connectivity index (χ0v) is 12.1. The van der Waals surface area contributed by atoms with E-state index in [0.717, 1.165) is 37.6 Å². The van der Waals surface area contributed by atoms with Crippen LogP contribution < -0.4 is 10.0 Å². The molecule has 0 spiro atoms. The molecule has 1 aromatic carbocycles. The van der Waals surface area contributed by atoms with Crippen molar-refractivity contribution in [3.63, 3.8) is 0 Å². The van der Waals surface area contributed by atoms with Gasteiger partial charge in [-0.1, -0.05) is 0 Å². The summed E-state index contributed by atoms with van der Waals surface area (Å²) in [6.07, 6.45) is 2.77. The van der Waals surface area contributed by atoms with Crippen molar-refractivity contribution in [1.29, 1.82) is 0 Å². The van der Waals surface area contributed by atoms with Crippen molar-refractivity contribution >= 4 is 15.7 Å². The van der Waals surface area contributed by atoms with Gasteiger partial charge in [0.05, 0.1) is 9.82 Å². The average molecular weight is 315 g/mol. The van der Waals surface area contributed by atoms with Crippen LogP contribution in [0.5, 0.6) is 5.75 Å². The molecular weight excluding hydrogens is 298 g/mol. The normalized spacial score (nSPS) is 18.8. The number of nitro benzene ring substituents is 1. The van der Waals surface area contributed by atoms with Crippen LogP contribution in [-0.2, 0) is 10.0 Å². The summed E-state index contributed by atoms with van der Waals surface area (Å²) in [4.78, 5) is 9.66. The van der Waals surface area contributed by atoms with Crippen LogP contribution in [0.2, 0.25) is 0 Å². The Morgan fingerprint density at radius 1 is 1.48 bits per heavy atom. The number of benzene rings is 1. The number of hydrogen-bond donors (Lipinski definition) is 3. The van der Waals surface area contributed by atoms with Gasteiger partial charge in [-0.05, 0) is 37.9 Å². The zero-order valence-electron chi connectivity index (χ0n) is 11.3. The molecule has 1 atom stereocenters. The van der Waals surface area contributed by atoms with E-state index in [0.29, 0.717) is 12.5 Å². The fourth-order valence-corrected chi connectivity index (χ4v) is 3.34.